The average molecular weight is 390 g/mol. The minimum atomic E-state index is -0.372. The summed E-state index contributed by atoms with van der Waals surface area (Å²) in [4.78, 5) is 30.4. The van der Waals surface area contributed by atoms with Gasteiger partial charge in [-0.3, -0.25) is 9.59 Å². The first-order valence-corrected chi connectivity index (χ1v) is 9.89. The van der Waals surface area contributed by atoms with Crippen molar-refractivity contribution in [3.05, 3.63) is 17.8 Å². The fourth-order valence-electron chi connectivity index (χ4n) is 3.17. The van der Waals surface area contributed by atoms with Crippen molar-refractivity contribution in [2.75, 3.05) is 31.7 Å². The van der Waals surface area contributed by atoms with Crippen molar-refractivity contribution < 1.29 is 19.1 Å². The van der Waals surface area contributed by atoms with Gasteiger partial charge in [0.05, 0.1) is 12.7 Å². The number of nitrogens with one attached hydrogen (secondary N) is 1. The molecule has 2 atom stereocenters. The highest BCUT2D eigenvalue weighted by Gasteiger charge is 2.31. The molecule has 1 saturated heterocycles. The Morgan fingerprint density at radius 2 is 2.04 bits per heavy atom. The Hall–Kier alpha value is -2.35. The molecule has 2 aliphatic rings. The lowest BCUT2D eigenvalue weighted by molar-refractivity contribution is -0.121. The number of primary amides is 1. The summed E-state index contributed by atoms with van der Waals surface area (Å²) in [6, 6.07) is 3.40. The van der Waals surface area contributed by atoms with Gasteiger partial charge in [-0.1, -0.05) is 6.92 Å². The number of anilines is 1. The van der Waals surface area contributed by atoms with E-state index in [1.807, 2.05) is 13.0 Å². The van der Waals surface area contributed by atoms with Crippen molar-refractivity contribution >= 4 is 17.5 Å². The van der Waals surface area contributed by atoms with Crippen LogP contribution in [0.25, 0.3) is 0 Å². The van der Waals surface area contributed by atoms with Gasteiger partial charge in [-0.15, -0.1) is 0 Å². The molecule has 1 aliphatic carbocycles. The van der Waals surface area contributed by atoms with Gasteiger partial charge in [0.2, 0.25) is 11.8 Å². The third kappa shape index (κ3) is 5.13. The zero-order valence-electron chi connectivity index (χ0n) is 16.8. The smallest absolute Gasteiger partial charge is 0.270 e. The molecule has 2 amide bonds. The predicted octanol–water partition coefficient (Wildman–Crippen LogP) is 1.34. The standard InChI is InChI=1S/C20H30N4O4/c1-12(18(21)25)8-13(2)22-19(26)16-6-7-17(24-9-15(10-24)27-3)20(23-16)28-11-14-4-5-14/h6-7,12-15H,4-5,8-11H2,1-3H3,(H2,21,25)(H,22,26)/t12?,13-/m0/s1. The van der Waals surface area contributed by atoms with Crippen LogP contribution in [-0.2, 0) is 9.53 Å². The van der Waals surface area contributed by atoms with Crippen molar-refractivity contribution in [2.45, 2.75) is 45.3 Å². The van der Waals surface area contributed by atoms with Crippen molar-refractivity contribution in [3.63, 3.8) is 0 Å². The summed E-state index contributed by atoms with van der Waals surface area (Å²) >= 11 is 0. The van der Waals surface area contributed by atoms with Gasteiger partial charge in [0, 0.05) is 32.2 Å². The molecule has 1 unspecified atom stereocenters. The Balaban J connectivity index is 1.67. The van der Waals surface area contributed by atoms with Crippen LogP contribution in [0.4, 0.5) is 5.69 Å². The van der Waals surface area contributed by atoms with Gasteiger partial charge in [0.25, 0.3) is 5.91 Å². The number of aromatic nitrogens is 1. The monoisotopic (exact) mass is 390 g/mol. The number of hydrogen-bond donors (Lipinski definition) is 2. The van der Waals surface area contributed by atoms with Crippen molar-refractivity contribution in [3.8, 4) is 5.88 Å². The lowest BCUT2D eigenvalue weighted by atomic mass is 10.0. The van der Waals surface area contributed by atoms with Gasteiger partial charge in [-0.2, -0.15) is 0 Å². The molecule has 3 N–H and O–H groups in total. The maximum atomic E-state index is 12.6. The van der Waals surface area contributed by atoms with E-state index < -0.39 is 0 Å². The van der Waals surface area contributed by atoms with E-state index in [1.165, 1.54) is 12.8 Å². The van der Waals surface area contributed by atoms with Crippen molar-refractivity contribution in [1.29, 1.82) is 0 Å². The molecule has 8 heteroatoms. The van der Waals surface area contributed by atoms with Crippen LogP contribution in [0.3, 0.4) is 0 Å². The molecule has 0 aromatic carbocycles. The van der Waals surface area contributed by atoms with E-state index in [0.29, 0.717) is 30.5 Å². The second kappa shape index (κ2) is 8.77. The third-order valence-electron chi connectivity index (χ3n) is 5.32. The second-order valence-corrected chi connectivity index (χ2v) is 7.95. The lowest BCUT2D eigenvalue weighted by Crippen LogP contribution is -2.52. The molecule has 0 spiro atoms. The summed E-state index contributed by atoms with van der Waals surface area (Å²) in [5.74, 6) is 0.120. The fourth-order valence-corrected chi connectivity index (χ4v) is 3.17. The number of ether oxygens (including phenoxy) is 2. The summed E-state index contributed by atoms with van der Waals surface area (Å²) in [5.41, 5.74) is 6.49. The molecule has 0 bridgehead atoms. The summed E-state index contributed by atoms with van der Waals surface area (Å²) in [7, 11) is 1.71. The minimum absolute atomic E-state index is 0.190. The van der Waals surface area contributed by atoms with Crippen molar-refractivity contribution in [2.24, 2.45) is 17.6 Å². The Kier molecular flexibility index (Phi) is 6.39. The molecule has 1 aromatic rings. The van der Waals surface area contributed by atoms with E-state index >= 15 is 0 Å². The third-order valence-corrected chi connectivity index (χ3v) is 5.32. The molecular formula is C20H30N4O4. The van der Waals surface area contributed by atoms with Crippen LogP contribution in [0.2, 0.25) is 0 Å². The normalized spacial score (nSPS) is 18.9. The number of hydrogen-bond acceptors (Lipinski definition) is 6. The second-order valence-electron chi connectivity index (χ2n) is 7.95. The van der Waals surface area contributed by atoms with Crippen LogP contribution in [0, 0.1) is 11.8 Å². The highest BCUT2D eigenvalue weighted by atomic mass is 16.5. The number of carbonyl (C=O) groups excluding carboxylic acids is 2. The van der Waals surface area contributed by atoms with E-state index in [9.17, 15) is 9.59 Å². The molecule has 1 aromatic heterocycles. The molecule has 2 heterocycles. The quantitative estimate of drug-likeness (QED) is 0.624. The van der Waals surface area contributed by atoms with Gasteiger partial charge in [-0.05, 0) is 44.2 Å². The predicted molar refractivity (Wildman–Crippen MR) is 105 cm³/mol. The number of pyridine rings is 1. The molecule has 2 fully saturated rings. The van der Waals surface area contributed by atoms with Crippen LogP contribution < -0.4 is 20.7 Å². The van der Waals surface area contributed by atoms with Crippen LogP contribution in [0.1, 0.15) is 43.6 Å². The van der Waals surface area contributed by atoms with Gasteiger partial charge in [0.15, 0.2) is 0 Å². The summed E-state index contributed by atoms with van der Waals surface area (Å²) in [6.07, 6.45) is 3.06. The Morgan fingerprint density at radius 1 is 1.32 bits per heavy atom. The largest absolute Gasteiger partial charge is 0.476 e. The molecular weight excluding hydrogens is 360 g/mol. The highest BCUT2D eigenvalue weighted by molar-refractivity contribution is 5.93. The maximum Gasteiger partial charge on any atom is 0.270 e. The van der Waals surface area contributed by atoms with E-state index in [-0.39, 0.29) is 29.9 Å². The van der Waals surface area contributed by atoms with Gasteiger partial charge in [-0.25, -0.2) is 4.98 Å². The number of nitrogens with two attached hydrogens (primary N) is 1. The topological polar surface area (TPSA) is 107 Å². The molecule has 3 rings (SSSR count). The first-order valence-electron chi connectivity index (χ1n) is 9.89. The fraction of sp³-hybridized carbons (Fsp3) is 0.650. The van der Waals surface area contributed by atoms with Crippen LogP contribution >= 0.6 is 0 Å². The zero-order valence-corrected chi connectivity index (χ0v) is 16.8. The molecule has 1 aliphatic heterocycles. The molecule has 0 radical (unpaired) electrons. The first kappa shape index (κ1) is 20.4. The summed E-state index contributed by atoms with van der Waals surface area (Å²) in [5, 5.41) is 2.88. The number of amides is 2. The van der Waals surface area contributed by atoms with Gasteiger partial charge < -0.3 is 25.4 Å². The zero-order chi connectivity index (χ0) is 20.3. The molecule has 154 valence electrons. The Labute approximate surface area is 165 Å². The van der Waals surface area contributed by atoms with Gasteiger partial charge >= 0.3 is 0 Å². The van der Waals surface area contributed by atoms with Crippen LogP contribution in [-0.4, -0.2) is 55.8 Å². The number of rotatable bonds is 10. The molecule has 8 nitrogen and oxygen atoms in total. The number of methoxy groups -OCH3 is 1. The lowest BCUT2D eigenvalue weighted by Gasteiger charge is -2.40. The first-order chi connectivity index (χ1) is 13.4. The highest BCUT2D eigenvalue weighted by Crippen LogP contribution is 2.34. The molecule has 28 heavy (non-hydrogen) atoms. The van der Waals surface area contributed by atoms with Gasteiger partial charge in [0.1, 0.15) is 11.4 Å². The minimum Gasteiger partial charge on any atom is -0.476 e. The van der Waals surface area contributed by atoms with E-state index in [2.05, 4.69) is 15.2 Å². The summed E-state index contributed by atoms with van der Waals surface area (Å²) in [6.45, 7) is 5.79. The maximum absolute atomic E-state index is 12.6. The van der Waals surface area contributed by atoms with E-state index in [1.54, 1.807) is 20.1 Å². The summed E-state index contributed by atoms with van der Waals surface area (Å²) < 4.78 is 11.3. The van der Waals surface area contributed by atoms with Crippen molar-refractivity contribution in [1.82, 2.24) is 10.3 Å². The number of carbonyl (C=O) groups is 2. The van der Waals surface area contributed by atoms with E-state index in [0.717, 1.165) is 18.8 Å². The van der Waals surface area contributed by atoms with Crippen LogP contribution in [0.15, 0.2) is 12.1 Å². The SMILES string of the molecule is COC1CN(c2ccc(C(=O)N[C@@H](C)CC(C)C(N)=O)nc2OCC2CC2)C1. The molecule has 1 saturated carbocycles. The van der Waals surface area contributed by atoms with Crippen LogP contribution in [0.5, 0.6) is 5.88 Å². The Morgan fingerprint density at radius 3 is 2.64 bits per heavy atom. The van der Waals surface area contributed by atoms with E-state index in [4.69, 9.17) is 15.2 Å². The Bertz CT molecular complexity index is 716. The number of nitrogens with zero attached hydrogens (tertiary/aromatic N) is 2. The average Bonchev–Trinajstić information content (AvgIpc) is 3.43.